The van der Waals surface area contributed by atoms with Gasteiger partial charge in [0.15, 0.2) is 17.1 Å². The molecule has 35 heavy (non-hydrogen) atoms. The molecule has 0 bridgehead atoms. The summed E-state index contributed by atoms with van der Waals surface area (Å²) in [6.45, 7) is -5.59. The molecule has 3 heterocycles. The number of benzene rings is 4. The van der Waals surface area contributed by atoms with Gasteiger partial charge in [0.2, 0.25) is 0 Å². The van der Waals surface area contributed by atoms with Crippen LogP contribution in [0.15, 0.2) is 101 Å². The van der Waals surface area contributed by atoms with Crippen LogP contribution in [0, 0.1) is 6.85 Å². The zero-order valence-electron chi connectivity index (χ0n) is 24.4. The van der Waals surface area contributed by atoms with Gasteiger partial charge < -0.3 is 8.98 Å². The second-order valence-corrected chi connectivity index (χ2v) is 8.38. The van der Waals surface area contributed by atoms with Crippen LogP contribution in [0.25, 0.3) is 61.4 Å². The predicted octanol–water partition coefficient (Wildman–Crippen LogP) is 7.30. The first-order valence-electron chi connectivity index (χ1n) is 14.2. The lowest BCUT2D eigenvalue weighted by Crippen LogP contribution is -1.99. The van der Waals surface area contributed by atoms with Gasteiger partial charge in [-0.3, -0.25) is 4.57 Å². The topological polar surface area (TPSA) is 48.8 Å². The highest BCUT2D eigenvalue weighted by Gasteiger charge is 2.22. The van der Waals surface area contributed by atoms with Gasteiger partial charge in [-0.15, -0.1) is 0 Å². The molecule has 5 heteroatoms. The van der Waals surface area contributed by atoms with E-state index in [4.69, 9.17) is 17.6 Å². The molecule has 0 aliphatic rings. The van der Waals surface area contributed by atoms with Crippen LogP contribution in [-0.4, -0.2) is 19.1 Å². The molecule has 5 nitrogen and oxygen atoms in total. The van der Waals surface area contributed by atoms with E-state index in [2.05, 4.69) is 4.98 Å². The van der Waals surface area contributed by atoms with Gasteiger partial charge in [0.1, 0.15) is 17.0 Å². The van der Waals surface area contributed by atoms with Gasteiger partial charge in [0, 0.05) is 31.7 Å². The van der Waals surface area contributed by atoms with E-state index < -0.39 is 19.7 Å². The van der Waals surface area contributed by atoms with Crippen molar-refractivity contribution < 1.29 is 12.6 Å². The SMILES string of the molecule is [2H]C([2H])([2H])c1nc2c(nc(-c3cccc4c3oc3ccccc34)n2-c2ccc(-c3ccccc3)cc2)n1C([2H])([2H])[2H]. The molecule has 3 aromatic heterocycles. The minimum absolute atomic E-state index is 0.0497. The molecule has 7 rings (SSSR count). The molecule has 0 aliphatic heterocycles. The quantitative estimate of drug-likeness (QED) is 0.278. The Morgan fingerprint density at radius 2 is 1.49 bits per heavy atom. The predicted molar refractivity (Wildman–Crippen MR) is 141 cm³/mol. The maximum atomic E-state index is 8.15. The normalized spacial score (nSPS) is 15.0. The van der Waals surface area contributed by atoms with Crippen molar-refractivity contribution in [3.8, 4) is 28.2 Å². The lowest BCUT2D eigenvalue weighted by Gasteiger charge is -2.10. The van der Waals surface area contributed by atoms with Crippen molar-refractivity contribution in [3.05, 3.63) is 103 Å². The monoisotopic (exact) mass is 460 g/mol. The van der Waals surface area contributed by atoms with E-state index in [0.29, 0.717) is 28.2 Å². The van der Waals surface area contributed by atoms with Crippen LogP contribution in [0.5, 0.6) is 0 Å². The molecule has 4 aromatic carbocycles. The van der Waals surface area contributed by atoms with Gasteiger partial charge in [-0.25, -0.2) is 9.97 Å². The first-order chi connectivity index (χ1) is 19.6. The van der Waals surface area contributed by atoms with Gasteiger partial charge in [0.05, 0.1) is 5.56 Å². The fourth-order valence-electron chi connectivity index (χ4n) is 4.68. The van der Waals surface area contributed by atoms with Crippen molar-refractivity contribution in [3.63, 3.8) is 0 Å². The summed E-state index contributed by atoms with van der Waals surface area (Å²) in [6, 6.07) is 31.0. The molecule has 0 fully saturated rings. The summed E-state index contributed by atoms with van der Waals surface area (Å²) in [5.74, 6) is -0.159. The van der Waals surface area contributed by atoms with Crippen molar-refractivity contribution in [1.29, 1.82) is 0 Å². The number of rotatable bonds is 3. The zero-order valence-corrected chi connectivity index (χ0v) is 18.4. The van der Waals surface area contributed by atoms with E-state index in [1.165, 1.54) is 0 Å². The van der Waals surface area contributed by atoms with Crippen molar-refractivity contribution in [2.24, 2.45) is 6.98 Å². The Balaban J connectivity index is 1.54. The second kappa shape index (κ2) is 7.43. The van der Waals surface area contributed by atoms with Crippen LogP contribution in [0.2, 0.25) is 0 Å². The lowest BCUT2D eigenvalue weighted by molar-refractivity contribution is 0.669. The molecule has 0 aliphatic carbocycles. The van der Waals surface area contributed by atoms with Crippen LogP contribution >= 0.6 is 0 Å². The largest absolute Gasteiger partial charge is 0.455 e. The maximum absolute atomic E-state index is 8.15. The number of hydrogen-bond donors (Lipinski definition) is 0. The Morgan fingerprint density at radius 3 is 2.31 bits per heavy atom. The fourth-order valence-corrected chi connectivity index (χ4v) is 4.68. The third-order valence-corrected chi connectivity index (χ3v) is 6.35. The van der Waals surface area contributed by atoms with E-state index in [1.807, 2.05) is 97.1 Å². The standard InChI is InChI=1S/C30H22N4O/c1-19-31-30-29(33(19)2)32-28(25-13-8-12-24-23-11-6-7-14-26(23)35-27(24)25)34(30)22-17-15-21(16-18-22)20-9-4-3-5-10-20/h3-18H,1-2H3/i1D3,2D3. The molecule has 0 saturated carbocycles. The third-order valence-electron chi connectivity index (χ3n) is 6.35. The first kappa shape index (κ1) is 14.6. The Bertz CT molecular complexity index is 2070. The Labute approximate surface area is 210 Å². The summed E-state index contributed by atoms with van der Waals surface area (Å²) in [6.07, 6.45) is 0. The molecule has 0 amide bonds. The minimum Gasteiger partial charge on any atom is -0.455 e. The van der Waals surface area contributed by atoms with E-state index in [9.17, 15) is 0 Å². The smallest absolute Gasteiger partial charge is 0.184 e. The summed E-state index contributed by atoms with van der Waals surface area (Å²) >= 11 is 0. The van der Waals surface area contributed by atoms with E-state index >= 15 is 0 Å². The number of hydrogen-bond acceptors (Lipinski definition) is 3. The highest BCUT2D eigenvalue weighted by Crippen LogP contribution is 2.37. The molecule has 0 saturated heterocycles. The van der Waals surface area contributed by atoms with Crippen LogP contribution < -0.4 is 0 Å². The van der Waals surface area contributed by atoms with Crippen LogP contribution in [0.3, 0.4) is 0 Å². The summed E-state index contributed by atoms with van der Waals surface area (Å²) in [5, 5.41) is 1.82. The Hall–Kier alpha value is -4.64. The minimum atomic E-state index is -2.82. The van der Waals surface area contributed by atoms with Crippen molar-refractivity contribution in [2.75, 3.05) is 0 Å². The summed E-state index contributed by atoms with van der Waals surface area (Å²) < 4.78 is 57.2. The fraction of sp³-hybridized carbons (Fsp3) is 0.0667. The van der Waals surface area contributed by atoms with E-state index in [1.54, 1.807) is 4.57 Å². The lowest BCUT2D eigenvalue weighted by atomic mass is 10.1. The molecule has 0 N–H and O–H groups in total. The highest BCUT2D eigenvalue weighted by molar-refractivity contribution is 6.09. The van der Waals surface area contributed by atoms with E-state index in [-0.39, 0.29) is 11.3 Å². The molecular weight excluding hydrogens is 432 g/mol. The summed E-state index contributed by atoms with van der Waals surface area (Å²) in [4.78, 5) is 9.14. The Morgan fingerprint density at radius 1 is 0.714 bits per heavy atom. The maximum Gasteiger partial charge on any atom is 0.184 e. The number of furan rings is 1. The second-order valence-electron chi connectivity index (χ2n) is 8.38. The number of aryl methyl sites for hydroxylation is 2. The molecule has 0 spiro atoms. The van der Waals surface area contributed by atoms with Gasteiger partial charge >= 0.3 is 0 Å². The summed E-state index contributed by atoms with van der Waals surface area (Å²) in [7, 11) is 0. The molecule has 0 radical (unpaired) electrons. The number of para-hydroxylation sites is 2. The van der Waals surface area contributed by atoms with Crippen molar-refractivity contribution >= 4 is 33.2 Å². The average molecular weight is 461 g/mol. The number of imidazole rings is 2. The molecule has 168 valence electrons. The zero-order chi connectivity index (χ0) is 28.5. The third kappa shape index (κ3) is 2.95. The van der Waals surface area contributed by atoms with E-state index in [0.717, 1.165) is 26.5 Å². The van der Waals surface area contributed by atoms with Gasteiger partial charge in [-0.05, 0) is 42.2 Å². The number of aromatic nitrogens is 4. The van der Waals surface area contributed by atoms with Gasteiger partial charge in [0.25, 0.3) is 0 Å². The highest BCUT2D eigenvalue weighted by atomic mass is 16.3. The van der Waals surface area contributed by atoms with Gasteiger partial charge in [-0.2, -0.15) is 0 Å². The Kier molecular flexibility index (Phi) is 3.10. The van der Waals surface area contributed by atoms with Crippen molar-refractivity contribution in [2.45, 2.75) is 6.85 Å². The molecule has 0 atom stereocenters. The van der Waals surface area contributed by atoms with Crippen LogP contribution in [0.1, 0.15) is 14.0 Å². The number of fused-ring (bicyclic) bond motifs is 4. The average Bonchev–Trinajstić information content (AvgIpc) is 3.63. The molecule has 0 unspecified atom stereocenters. The van der Waals surface area contributed by atoms with Gasteiger partial charge in [-0.1, -0.05) is 72.8 Å². The summed E-state index contributed by atoms with van der Waals surface area (Å²) in [5.41, 5.74) is 4.66. The first-order valence-corrected chi connectivity index (χ1v) is 11.2. The van der Waals surface area contributed by atoms with Crippen LogP contribution in [0.4, 0.5) is 0 Å². The number of nitrogens with zero attached hydrogens (tertiary/aromatic N) is 4. The van der Waals surface area contributed by atoms with Crippen LogP contribution in [-0.2, 0) is 6.98 Å². The molecular formula is C30H22N4O. The molecule has 7 aromatic rings. The van der Waals surface area contributed by atoms with Crippen molar-refractivity contribution in [1.82, 2.24) is 19.1 Å².